The third-order valence-electron chi connectivity index (χ3n) is 1.28. The Morgan fingerprint density at radius 3 is 2.23 bits per heavy atom. The molecule has 0 amide bonds. The Morgan fingerprint density at radius 2 is 1.77 bits per heavy atom. The SMILES string of the molecule is COCSc1c(F)cc(F)cc1F. The van der Waals surface area contributed by atoms with Crippen molar-refractivity contribution in [1.29, 1.82) is 0 Å². The molecule has 0 bridgehead atoms. The maximum absolute atomic E-state index is 12.9. The van der Waals surface area contributed by atoms with Gasteiger partial charge in [0.15, 0.2) is 0 Å². The topological polar surface area (TPSA) is 9.23 Å². The van der Waals surface area contributed by atoms with Crippen LogP contribution in [-0.2, 0) is 4.74 Å². The van der Waals surface area contributed by atoms with Crippen molar-refractivity contribution >= 4 is 11.8 Å². The van der Waals surface area contributed by atoms with E-state index in [1.54, 1.807) is 0 Å². The zero-order valence-corrected chi connectivity index (χ0v) is 7.63. The van der Waals surface area contributed by atoms with Crippen molar-refractivity contribution in [2.75, 3.05) is 13.0 Å². The molecule has 1 aromatic rings. The highest BCUT2D eigenvalue weighted by Crippen LogP contribution is 2.25. The number of hydrogen-bond donors (Lipinski definition) is 0. The van der Waals surface area contributed by atoms with Crippen LogP contribution < -0.4 is 0 Å². The molecule has 1 rings (SSSR count). The first-order valence-corrected chi connectivity index (χ1v) is 4.40. The van der Waals surface area contributed by atoms with Crippen LogP contribution in [-0.4, -0.2) is 13.0 Å². The molecule has 0 fully saturated rings. The number of rotatable bonds is 3. The summed E-state index contributed by atoms with van der Waals surface area (Å²) in [6.07, 6.45) is 0. The van der Waals surface area contributed by atoms with E-state index in [4.69, 9.17) is 0 Å². The lowest BCUT2D eigenvalue weighted by molar-refractivity contribution is 0.258. The van der Waals surface area contributed by atoms with E-state index in [1.165, 1.54) is 7.11 Å². The van der Waals surface area contributed by atoms with Crippen molar-refractivity contribution in [2.24, 2.45) is 0 Å². The highest BCUT2D eigenvalue weighted by atomic mass is 32.2. The van der Waals surface area contributed by atoms with E-state index >= 15 is 0 Å². The van der Waals surface area contributed by atoms with Gasteiger partial charge in [-0.15, -0.1) is 0 Å². The van der Waals surface area contributed by atoms with Gasteiger partial charge in [0.25, 0.3) is 0 Å². The van der Waals surface area contributed by atoms with Crippen LogP contribution in [0.5, 0.6) is 0 Å². The lowest BCUT2D eigenvalue weighted by Gasteiger charge is -2.03. The Balaban J connectivity index is 2.92. The molecule has 0 heterocycles. The lowest BCUT2D eigenvalue weighted by atomic mass is 10.3. The Morgan fingerprint density at radius 1 is 1.23 bits per heavy atom. The van der Waals surface area contributed by atoms with Gasteiger partial charge in [0.05, 0.1) is 10.8 Å². The first kappa shape index (κ1) is 10.4. The molecule has 72 valence electrons. The monoisotopic (exact) mass is 208 g/mol. The third kappa shape index (κ3) is 2.63. The zero-order valence-electron chi connectivity index (χ0n) is 6.81. The minimum Gasteiger partial charge on any atom is -0.374 e. The fourth-order valence-electron chi connectivity index (χ4n) is 0.785. The van der Waals surface area contributed by atoms with Crippen molar-refractivity contribution in [3.63, 3.8) is 0 Å². The average Bonchev–Trinajstić information content (AvgIpc) is 2.02. The molecule has 13 heavy (non-hydrogen) atoms. The van der Waals surface area contributed by atoms with Crippen LogP contribution in [0.1, 0.15) is 0 Å². The molecule has 0 N–H and O–H groups in total. The van der Waals surface area contributed by atoms with E-state index in [0.717, 1.165) is 11.8 Å². The Hall–Kier alpha value is -0.680. The van der Waals surface area contributed by atoms with E-state index in [-0.39, 0.29) is 10.8 Å². The van der Waals surface area contributed by atoms with Crippen LogP contribution in [0.15, 0.2) is 17.0 Å². The molecular formula is C8H7F3OS. The molecule has 0 radical (unpaired) electrons. The van der Waals surface area contributed by atoms with Crippen molar-refractivity contribution in [1.82, 2.24) is 0 Å². The van der Waals surface area contributed by atoms with Gasteiger partial charge in [0, 0.05) is 19.2 Å². The Labute approximate surface area is 77.9 Å². The molecule has 1 aromatic carbocycles. The van der Waals surface area contributed by atoms with Crippen LogP contribution in [0.3, 0.4) is 0 Å². The minimum absolute atomic E-state index is 0.124. The third-order valence-corrected chi connectivity index (χ3v) is 2.32. The summed E-state index contributed by atoms with van der Waals surface area (Å²) in [5.74, 6) is -2.60. The molecule has 0 aliphatic heterocycles. The summed E-state index contributed by atoms with van der Waals surface area (Å²) in [6.45, 7) is 0. The summed E-state index contributed by atoms with van der Waals surface area (Å²) in [6, 6.07) is 1.28. The van der Waals surface area contributed by atoms with Crippen LogP contribution in [0.2, 0.25) is 0 Å². The highest BCUT2D eigenvalue weighted by molar-refractivity contribution is 7.99. The van der Waals surface area contributed by atoms with Crippen molar-refractivity contribution in [3.8, 4) is 0 Å². The molecule has 0 saturated carbocycles. The molecular weight excluding hydrogens is 201 g/mol. The maximum Gasteiger partial charge on any atom is 0.142 e. The smallest absolute Gasteiger partial charge is 0.142 e. The first-order chi connectivity index (χ1) is 6.15. The Kier molecular flexibility index (Phi) is 3.62. The number of benzene rings is 1. The van der Waals surface area contributed by atoms with E-state index in [1.807, 2.05) is 0 Å². The standard InChI is InChI=1S/C8H7F3OS/c1-12-4-13-8-6(10)2-5(9)3-7(8)11/h2-3H,4H2,1H3. The number of thioether (sulfide) groups is 1. The first-order valence-electron chi connectivity index (χ1n) is 3.41. The van der Waals surface area contributed by atoms with Gasteiger partial charge in [-0.3, -0.25) is 0 Å². The molecule has 1 nitrogen and oxygen atoms in total. The Bertz CT molecular complexity index is 280. The predicted molar refractivity (Wildman–Crippen MR) is 44.0 cm³/mol. The summed E-state index contributed by atoms with van der Waals surface area (Å²) in [4.78, 5) is -0.219. The van der Waals surface area contributed by atoms with Crippen molar-refractivity contribution in [3.05, 3.63) is 29.6 Å². The molecule has 5 heteroatoms. The van der Waals surface area contributed by atoms with Gasteiger partial charge in [-0.2, -0.15) is 0 Å². The van der Waals surface area contributed by atoms with Gasteiger partial charge in [-0.05, 0) is 0 Å². The number of hydrogen-bond acceptors (Lipinski definition) is 2. The van der Waals surface area contributed by atoms with E-state index in [2.05, 4.69) is 4.74 Å². The number of methoxy groups -OCH3 is 1. The molecule has 0 atom stereocenters. The summed E-state index contributed by atoms with van der Waals surface area (Å²) in [5.41, 5.74) is 0. The predicted octanol–water partition coefficient (Wildman–Crippen LogP) is 2.80. The average molecular weight is 208 g/mol. The molecule has 0 aliphatic carbocycles. The van der Waals surface area contributed by atoms with Gasteiger partial charge < -0.3 is 4.74 Å². The number of ether oxygens (including phenoxy) is 1. The van der Waals surface area contributed by atoms with Gasteiger partial charge in [0.2, 0.25) is 0 Å². The number of halogens is 3. The molecule has 0 saturated heterocycles. The molecule has 0 aliphatic rings. The lowest BCUT2D eigenvalue weighted by Crippen LogP contribution is -1.92. The largest absolute Gasteiger partial charge is 0.374 e. The minimum atomic E-state index is -0.920. The summed E-state index contributed by atoms with van der Waals surface area (Å²) >= 11 is 0.843. The quantitative estimate of drug-likeness (QED) is 0.558. The van der Waals surface area contributed by atoms with E-state index < -0.39 is 17.5 Å². The second kappa shape index (κ2) is 4.53. The molecule has 0 aromatic heterocycles. The van der Waals surface area contributed by atoms with Crippen molar-refractivity contribution in [2.45, 2.75) is 4.90 Å². The molecule has 0 spiro atoms. The van der Waals surface area contributed by atoms with Crippen molar-refractivity contribution < 1.29 is 17.9 Å². The van der Waals surface area contributed by atoms with Crippen LogP contribution in [0, 0.1) is 17.5 Å². The van der Waals surface area contributed by atoms with E-state index in [0.29, 0.717) is 12.1 Å². The maximum atomic E-state index is 12.9. The van der Waals surface area contributed by atoms with E-state index in [9.17, 15) is 13.2 Å². The van der Waals surface area contributed by atoms with Crippen LogP contribution in [0.25, 0.3) is 0 Å². The second-order valence-electron chi connectivity index (χ2n) is 2.25. The summed E-state index contributed by atoms with van der Waals surface area (Å²) in [7, 11) is 1.41. The fraction of sp³-hybridized carbons (Fsp3) is 0.250. The zero-order chi connectivity index (χ0) is 9.84. The normalized spacial score (nSPS) is 10.5. The summed E-state index contributed by atoms with van der Waals surface area (Å²) in [5, 5.41) is 0. The second-order valence-corrected chi connectivity index (χ2v) is 3.18. The van der Waals surface area contributed by atoms with Crippen LogP contribution in [0.4, 0.5) is 13.2 Å². The highest BCUT2D eigenvalue weighted by Gasteiger charge is 2.11. The van der Waals surface area contributed by atoms with Gasteiger partial charge in [0.1, 0.15) is 17.5 Å². The summed E-state index contributed by atoms with van der Waals surface area (Å²) < 4.78 is 42.8. The van der Waals surface area contributed by atoms with Crippen LogP contribution >= 0.6 is 11.8 Å². The van der Waals surface area contributed by atoms with Gasteiger partial charge in [-0.1, -0.05) is 11.8 Å². The van der Waals surface area contributed by atoms with Gasteiger partial charge in [-0.25, -0.2) is 13.2 Å². The fourth-order valence-corrected chi connectivity index (χ4v) is 1.41. The van der Waals surface area contributed by atoms with Gasteiger partial charge >= 0.3 is 0 Å². The molecule has 0 unspecified atom stereocenters.